The zero-order valence-electron chi connectivity index (χ0n) is 8.93. The van der Waals surface area contributed by atoms with Gasteiger partial charge in [-0.3, -0.25) is 0 Å². The SMILES string of the molecule is CCOC(=O)/C=C(\C)C(F)C(C)(C)F. The number of hydrogen-bond donors (Lipinski definition) is 0. The molecule has 0 saturated carbocycles. The number of alkyl halides is 2. The molecule has 0 bridgehead atoms. The fourth-order valence-electron chi connectivity index (χ4n) is 0.984. The van der Waals surface area contributed by atoms with Gasteiger partial charge in [-0.25, -0.2) is 13.6 Å². The van der Waals surface area contributed by atoms with Gasteiger partial charge in [0.05, 0.1) is 6.61 Å². The number of carbonyl (C=O) groups is 1. The summed E-state index contributed by atoms with van der Waals surface area (Å²) in [6.07, 6.45) is -0.804. The summed E-state index contributed by atoms with van der Waals surface area (Å²) >= 11 is 0. The Labute approximate surface area is 82.9 Å². The maximum atomic E-state index is 13.3. The van der Waals surface area contributed by atoms with Gasteiger partial charge in [0, 0.05) is 6.08 Å². The smallest absolute Gasteiger partial charge is 0.330 e. The first kappa shape index (κ1) is 13.1. The Kier molecular flexibility index (Phi) is 4.74. The minimum absolute atomic E-state index is 0.0379. The van der Waals surface area contributed by atoms with E-state index in [9.17, 15) is 13.6 Å². The van der Waals surface area contributed by atoms with E-state index in [-0.39, 0.29) is 12.2 Å². The third-order valence-electron chi connectivity index (χ3n) is 1.63. The normalized spacial score (nSPS) is 15.1. The number of halogens is 2. The predicted molar refractivity (Wildman–Crippen MR) is 50.5 cm³/mol. The quantitative estimate of drug-likeness (QED) is 0.522. The molecule has 0 aliphatic carbocycles. The summed E-state index contributed by atoms with van der Waals surface area (Å²) in [5, 5.41) is 0. The predicted octanol–water partition coefficient (Wildman–Crippen LogP) is 2.58. The molecule has 14 heavy (non-hydrogen) atoms. The van der Waals surface area contributed by atoms with Crippen molar-refractivity contribution in [3.8, 4) is 0 Å². The average Bonchev–Trinajstić information content (AvgIpc) is 2.01. The van der Waals surface area contributed by atoms with Gasteiger partial charge in [-0.05, 0) is 33.3 Å². The van der Waals surface area contributed by atoms with Crippen molar-refractivity contribution in [1.29, 1.82) is 0 Å². The first-order chi connectivity index (χ1) is 6.29. The van der Waals surface area contributed by atoms with Crippen LogP contribution in [-0.4, -0.2) is 24.4 Å². The van der Waals surface area contributed by atoms with E-state index in [1.54, 1.807) is 6.92 Å². The second-order valence-corrected chi connectivity index (χ2v) is 3.57. The summed E-state index contributed by atoms with van der Waals surface area (Å²) in [6.45, 7) is 5.48. The Morgan fingerprint density at radius 2 is 2.07 bits per heavy atom. The van der Waals surface area contributed by atoms with E-state index in [4.69, 9.17) is 0 Å². The number of allylic oxidation sites excluding steroid dienone is 1. The molecule has 0 radical (unpaired) electrons. The molecule has 0 rings (SSSR count). The van der Waals surface area contributed by atoms with Crippen LogP contribution < -0.4 is 0 Å². The van der Waals surface area contributed by atoms with Crippen LogP contribution in [0, 0.1) is 0 Å². The Bertz CT molecular complexity index is 229. The van der Waals surface area contributed by atoms with Crippen molar-refractivity contribution in [2.45, 2.75) is 39.5 Å². The summed E-state index contributed by atoms with van der Waals surface area (Å²) in [4.78, 5) is 10.9. The lowest BCUT2D eigenvalue weighted by atomic mass is 9.99. The second-order valence-electron chi connectivity index (χ2n) is 3.57. The third kappa shape index (κ3) is 4.35. The summed E-state index contributed by atoms with van der Waals surface area (Å²) in [5.74, 6) is -0.642. The topological polar surface area (TPSA) is 26.3 Å². The fourth-order valence-corrected chi connectivity index (χ4v) is 0.984. The summed E-state index contributed by atoms with van der Waals surface area (Å²) in [5.41, 5.74) is -1.94. The van der Waals surface area contributed by atoms with Crippen molar-refractivity contribution in [1.82, 2.24) is 0 Å². The van der Waals surface area contributed by atoms with Crippen LogP contribution >= 0.6 is 0 Å². The van der Waals surface area contributed by atoms with Crippen LogP contribution in [0.4, 0.5) is 8.78 Å². The molecule has 0 spiro atoms. The van der Waals surface area contributed by atoms with E-state index >= 15 is 0 Å². The van der Waals surface area contributed by atoms with E-state index in [1.807, 2.05) is 0 Å². The lowest BCUT2D eigenvalue weighted by Gasteiger charge is -2.19. The van der Waals surface area contributed by atoms with E-state index in [0.29, 0.717) is 0 Å². The van der Waals surface area contributed by atoms with E-state index < -0.39 is 17.8 Å². The Morgan fingerprint density at radius 1 is 1.57 bits per heavy atom. The molecule has 0 aromatic rings. The minimum atomic E-state index is -1.98. The maximum Gasteiger partial charge on any atom is 0.330 e. The highest BCUT2D eigenvalue weighted by Gasteiger charge is 2.30. The van der Waals surface area contributed by atoms with Crippen LogP contribution in [0.25, 0.3) is 0 Å². The molecule has 0 aliphatic rings. The first-order valence-corrected chi connectivity index (χ1v) is 4.47. The van der Waals surface area contributed by atoms with Crippen LogP contribution in [0.5, 0.6) is 0 Å². The number of ether oxygens (including phenoxy) is 1. The van der Waals surface area contributed by atoms with Gasteiger partial charge in [-0.1, -0.05) is 0 Å². The summed E-state index contributed by atoms with van der Waals surface area (Å²) < 4.78 is 30.9. The van der Waals surface area contributed by atoms with E-state index in [1.165, 1.54) is 6.92 Å². The van der Waals surface area contributed by atoms with Crippen LogP contribution in [0.2, 0.25) is 0 Å². The van der Waals surface area contributed by atoms with Crippen molar-refractivity contribution >= 4 is 5.97 Å². The molecule has 0 N–H and O–H groups in total. The molecule has 1 atom stereocenters. The largest absolute Gasteiger partial charge is 0.463 e. The first-order valence-electron chi connectivity index (χ1n) is 4.47. The molecule has 0 aromatic carbocycles. The van der Waals surface area contributed by atoms with Crippen molar-refractivity contribution in [2.75, 3.05) is 6.61 Å². The van der Waals surface area contributed by atoms with Gasteiger partial charge in [-0.15, -0.1) is 0 Å². The molecule has 0 amide bonds. The molecule has 4 heteroatoms. The molecule has 0 heterocycles. The molecule has 0 saturated heterocycles. The highest BCUT2D eigenvalue weighted by Crippen LogP contribution is 2.23. The standard InChI is InChI=1S/C10H16F2O2/c1-5-14-8(13)6-7(2)9(11)10(3,4)12/h6,9H,5H2,1-4H3/b7-6+. The maximum absolute atomic E-state index is 13.3. The van der Waals surface area contributed by atoms with Crippen molar-refractivity contribution in [3.05, 3.63) is 11.6 Å². The van der Waals surface area contributed by atoms with Gasteiger partial charge in [0.25, 0.3) is 0 Å². The average molecular weight is 206 g/mol. The molecule has 0 fully saturated rings. The van der Waals surface area contributed by atoms with Gasteiger partial charge in [-0.2, -0.15) is 0 Å². The molecule has 82 valence electrons. The Morgan fingerprint density at radius 3 is 2.43 bits per heavy atom. The molecule has 2 nitrogen and oxygen atoms in total. The van der Waals surface area contributed by atoms with Gasteiger partial charge in [0.15, 0.2) is 6.17 Å². The van der Waals surface area contributed by atoms with Crippen LogP contribution in [0.3, 0.4) is 0 Å². The number of rotatable bonds is 4. The van der Waals surface area contributed by atoms with E-state index in [0.717, 1.165) is 19.9 Å². The third-order valence-corrected chi connectivity index (χ3v) is 1.63. The monoisotopic (exact) mass is 206 g/mol. The Balaban J connectivity index is 4.45. The summed E-state index contributed by atoms with van der Waals surface area (Å²) in [7, 11) is 0. The van der Waals surface area contributed by atoms with Crippen LogP contribution in [0.1, 0.15) is 27.7 Å². The summed E-state index contributed by atoms with van der Waals surface area (Å²) in [6, 6.07) is 0. The van der Waals surface area contributed by atoms with Crippen LogP contribution in [0.15, 0.2) is 11.6 Å². The van der Waals surface area contributed by atoms with Gasteiger partial charge in [0.2, 0.25) is 0 Å². The lowest BCUT2D eigenvalue weighted by Crippen LogP contribution is -2.28. The molecular formula is C10H16F2O2. The van der Waals surface area contributed by atoms with E-state index in [2.05, 4.69) is 4.74 Å². The zero-order valence-corrected chi connectivity index (χ0v) is 8.93. The lowest BCUT2D eigenvalue weighted by molar-refractivity contribution is -0.137. The fraction of sp³-hybridized carbons (Fsp3) is 0.700. The number of hydrogen-bond acceptors (Lipinski definition) is 2. The molecule has 0 aliphatic heterocycles. The second kappa shape index (κ2) is 5.08. The van der Waals surface area contributed by atoms with Crippen molar-refractivity contribution in [3.63, 3.8) is 0 Å². The molecular weight excluding hydrogens is 190 g/mol. The van der Waals surface area contributed by atoms with Gasteiger partial charge in [0.1, 0.15) is 5.67 Å². The highest BCUT2D eigenvalue weighted by atomic mass is 19.2. The number of esters is 1. The minimum Gasteiger partial charge on any atom is -0.463 e. The van der Waals surface area contributed by atoms with Crippen molar-refractivity contribution < 1.29 is 18.3 Å². The van der Waals surface area contributed by atoms with Crippen LogP contribution in [-0.2, 0) is 9.53 Å². The van der Waals surface area contributed by atoms with Gasteiger partial charge >= 0.3 is 5.97 Å². The highest BCUT2D eigenvalue weighted by molar-refractivity contribution is 5.82. The molecule has 0 aromatic heterocycles. The van der Waals surface area contributed by atoms with Gasteiger partial charge < -0.3 is 4.74 Å². The zero-order chi connectivity index (χ0) is 11.4. The number of carbonyl (C=O) groups excluding carboxylic acids is 1. The Hall–Kier alpha value is -0.930. The molecule has 1 unspecified atom stereocenters. The van der Waals surface area contributed by atoms with Crippen molar-refractivity contribution in [2.24, 2.45) is 0 Å².